The minimum Gasteiger partial charge on any atom is -0.452 e. The van der Waals surface area contributed by atoms with Crippen LogP contribution in [-0.2, 0) is 0 Å². The molecule has 0 radical (unpaired) electrons. The molecule has 0 spiro atoms. The minimum atomic E-state index is -0.490. The standard InChI is InChI=1S/C15H15FN2O2/c1-18(2)15(19)10-7-8-12(17)14(9-10)20-13-6-4-3-5-11(13)16/h3-9H,17H2,1-2H3. The maximum Gasteiger partial charge on any atom is 0.253 e. The van der Waals surface area contributed by atoms with Crippen molar-refractivity contribution in [3.05, 3.63) is 53.8 Å². The molecule has 1 amide bonds. The predicted molar refractivity (Wildman–Crippen MR) is 75.3 cm³/mol. The summed E-state index contributed by atoms with van der Waals surface area (Å²) in [6.45, 7) is 0. The van der Waals surface area contributed by atoms with Gasteiger partial charge in [0.05, 0.1) is 5.69 Å². The van der Waals surface area contributed by atoms with Crippen molar-refractivity contribution in [2.75, 3.05) is 19.8 Å². The maximum atomic E-state index is 13.6. The first-order valence-corrected chi connectivity index (χ1v) is 6.02. The van der Waals surface area contributed by atoms with Gasteiger partial charge < -0.3 is 15.4 Å². The fourth-order valence-electron chi connectivity index (χ4n) is 1.66. The Morgan fingerprint density at radius 3 is 2.50 bits per heavy atom. The molecule has 0 bridgehead atoms. The molecule has 20 heavy (non-hydrogen) atoms. The summed E-state index contributed by atoms with van der Waals surface area (Å²) in [4.78, 5) is 13.3. The van der Waals surface area contributed by atoms with Gasteiger partial charge in [-0.2, -0.15) is 0 Å². The van der Waals surface area contributed by atoms with Crippen LogP contribution in [0.2, 0.25) is 0 Å². The zero-order valence-corrected chi connectivity index (χ0v) is 11.3. The Hall–Kier alpha value is -2.56. The smallest absolute Gasteiger partial charge is 0.253 e. The molecule has 2 aromatic carbocycles. The van der Waals surface area contributed by atoms with Crippen LogP contribution in [0, 0.1) is 5.82 Å². The van der Waals surface area contributed by atoms with E-state index in [1.165, 1.54) is 23.1 Å². The first kappa shape index (κ1) is 13.9. The number of halogens is 1. The maximum absolute atomic E-state index is 13.6. The largest absolute Gasteiger partial charge is 0.452 e. The fourth-order valence-corrected chi connectivity index (χ4v) is 1.66. The highest BCUT2D eigenvalue weighted by Crippen LogP contribution is 2.30. The van der Waals surface area contributed by atoms with E-state index in [1.807, 2.05) is 0 Å². The van der Waals surface area contributed by atoms with Gasteiger partial charge in [0.1, 0.15) is 0 Å². The second-order valence-electron chi connectivity index (χ2n) is 4.48. The van der Waals surface area contributed by atoms with Crippen molar-refractivity contribution >= 4 is 11.6 Å². The van der Waals surface area contributed by atoms with Crippen molar-refractivity contribution < 1.29 is 13.9 Å². The van der Waals surface area contributed by atoms with E-state index >= 15 is 0 Å². The van der Waals surface area contributed by atoms with Crippen molar-refractivity contribution in [1.82, 2.24) is 4.90 Å². The lowest BCUT2D eigenvalue weighted by Crippen LogP contribution is -2.21. The number of ether oxygens (including phenoxy) is 1. The molecule has 5 heteroatoms. The second-order valence-corrected chi connectivity index (χ2v) is 4.48. The average molecular weight is 274 g/mol. The number of nitrogen functional groups attached to an aromatic ring is 1. The molecular formula is C15H15FN2O2. The normalized spacial score (nSPS) is 10.2. The van der Waals surface area contributed by atoms with E-state index in [0.717, 1.165) is 0 Å². The second kappa shape index (κ2) is 5.61. The van der Waals surface area contributed by atoms with Crippen LogP contribution in [0.25, 0.3) is 0 Å². The lowest BCUT2D eigenvalue weighted by molar-refractivity contribution is 0.0827. The molecule has 0 aliphatic rings. The molecule has 0 unspecified atom stereocenters. The summed E-state index contributed by atoms with van der Waals surface area (Å²) in [7, 11) is 3.30. The van der Waals surface area contributed by atoms with Crippen LogP contribution in [0.1, 0.15) is 10.4 Å². The monoisotopic (exact) mass is 274 g/mol. The number of nitrogens with zero attached hydrogens (tertiary/aromatic N) is 1. The van der Waals surface area contributed by atoms with Gasteiger partial charge in [0.25, 0.3) is 5.91 Å². The van der Waals surface area contributed by atoms with Crippen LogP contribution < -0.4 is 10.5 Å². The Balaban J connectivity index is 2.35. The highest BCUT2D eigenvalue weighted by atomic mass is 19.1. The summed E-state index contributed by atoms with van der Waals surface area (Å²) >= 11 is 0. The number of benzene rings is 2. The zero-order chi connectivity index (χ0) is 14.7. The number of carbonyl (C=O) groups excluding carboxylic acids is 1. The zero-order valence-electron chi connectivity index (χ0n) is 11.3. The molecule has 0 fully saturated rings. The van der Waals surface area contributed by atoms with Crippen LogP contribution in [0.3, 0.4) is 0 Å². The number of hydrogen-bond donors (Lipinski definition) is 1. The van der Waals surface area contributed by atoms with Crippen molar-refractivity contribution in [3.63, 3.8) is 0 Å². The van der Waals surface area contributed by atoms with Gasteiger partial charge in [-0.05, 0) is 30.3 Å². The molecule has 2 N–H and O–H groups in total. The van der Waals surface area contributed by atoms with Crippen molar-refractivity contribution in [1.29, 1.82) is 0 Å². The molecule has 2 rings (SSSR count). The summed E-state index contributed by atoms with van der Waals surface area (Å²) in [6, 6.07) is 10.7. The molecule has 2 aromatic rings. The van der Waals surface area contributed by atoms with E-state index in [9.17, 15) is 9.18 Å². The molecule has 0 saturated heterocycles. The van der Waals surface area contributed by atoms with Crippen LogP contribution in [-0.4, -0.2) is 24.9 Å². The van der Waals surface area contributed by atoms with Crippen LogP contribution in [0.15, 0.2) is 42.5 Å². The number of rotatable bonds is 3. The summed E-state index contributed by atoms with van der Waals surface area (Å²) in [5, 5.41) is 0. The third-order valence-corrected chi connectivity index (χ3v) is 2.72. The Labute approximate surface area is 116 Å². The van der Waals surface area contributed by atoms with Gasteiger partial charge in [-0.3, -0.25) is 4.79 Å². The van der Waals surface area contributed by atoms with Gasteiger partial charge in [-0.1, -0.05) is 12.1 Å². The predicted octanol–water partition coefficient (Wildman–Crippen LogP) is 2.90. The lowest BCUT2D eigenvalue weighted by Gasteiger charge is -2.13. The minimum absolute atomic E-state index is 0.0636. The van der Waals surface area contributed by atoms with E-state index in [0.29, 0.717) is 11.3 Å². The number of hydrogen-bond acceptors (Lipinski definition) is 3. The van der Waals surface area contributed by atoms with Crippen LogP contribution in [0.5, 0.6) is 11.5 Å². The Bertz CT molecular complexity index is 642. The van der Waals surface area contributed by atoms with Crippen molar-refractivity contribution in [3.8, 4) is 11.5 Å². The number of amides is 1. The molecular weight excluding hydrogens is 259 g/mol. The van der Waals surface area contributed by atoms with E-state index in [-0.39, 0.29) is 17.4 Å². The van der Waals surface area contributed by atoms with Crippen molar-refractivity contribution in [2.24, 2.45) is 0 Å². The summed E-state index contributed by atoms with van der Waals surface area (Å²) in [6.07, 6.45) is 0. The molecule has 104 valence electrons. The van der Waals surface area contributed by atoms with Gasteiger partial charge in [-0.25, -0.2) is 4.39 Å². The van der Waals surface area contributed by atoms with E-state index < -0.39 is 5.82 Å². The quantitative estimate of drug-likeness (QED) is 0.875. The van der Waals surface area contributed by atoms with Gasteiger partial charge in [0.15, 0.2) is 17.3 Å². The summed E-state index contributed by atoms with van der Waals surface area (Å²) < 4.78 is 19.0. The first-order valence-electron chi connectivity index (χ1n) is 6.02. The van der Waals surface area contributed by atoms with Crippen molar-refractivity contribution in [2.45, 2.75) is 0 Å². The highest BCUT2D eigenvalue weighted by Gasteiger charge is 2.12. The number of anilines is 1. The Morgan fingerprint density at radius 1 is 1.15 bits per heavy atom. The van der Waals surface area contributed by atoms with Crippen LogP contribution in [0.4, 0.5) is 10.1 Å². The molecule has 0 saturated carbocycles. The van der Waals surface area contributed by atoms with Crippen LogP contribution >= 0.6 is 0 Å². The average Bonchev–Trinajstić information content (AvgIpc) is 2.42. The first-order chi connectivity index (χ1) is 9.49. The fraction of sp³-hybridized carbons (Fsp3) is 0.133. The molecule has 0 aliphatic heterocycles. The number of carbonyl (C=O) groups is 1. The number of para-hydroxylation sites is 1. The van der Waals surface area contributed by atoms with Gasteiger partial charge in [-0.15, -0.1) is 0 Å². The topological polar surface area (TPSA) is 55.6 Å². The molecule has 4 nitrogen and oxygen atoms in total. The van der Waals surface area contributed by atoms with Gasteiger partial charge in [0, 0.05) is 19.7 Å². The van der Waals surface area contributed by atoms with Gasteiger partial charge in [0.2, 0.25) is 0 Å². The third kappa shape index (κ3) is 2.88. The van der Waals surface area contributed by atoms with Gasteiger partial charge >= 0.3 is 0 Å². The summed E-state index contributed by atoms with van der Waals surface area (Å²) in [5.41, 5.74) is 6.55. The van der Waals surface area contributed by atoms with E-state index in [4.69, 9.17) is 10.5 Å². The highest BCUT2D eigenvalue weighted by molar-refractivity contribution is 5.94. The van der Waals surface area contributed by atoms with E-state index in [2.05, 4.69) is 0 Å². The molecule has 0 atom stereocenters. The molecule has 0 heterocycles. The summed E-state index contributed by atoms with van der Waals surface area (Å²) in [5.74, 6) is -0.351. The lowest BCUT2D eigenvalue weighted by atomic mass is 10.1. The number of nitrogens with two attached hydrogens (primary N) is 1. The third-order valence-electron chi connectivity index (χ3n) is 2.72. The molecule has 0 aromatic heterocycles. The van der Waals surface area contributed by atoms with E-state index in [1.54, 1.807) is 38.4 Å². The Kier molecular flexibility index (Phi) is 3.89. The molecule has 0 aliphatic carbocycles. The Morgan fingerprint density at radius 2 is 1.85 bits per heavy atom. The SMILES string of the molecule is CN(C)C(=O)c1ccc(N)c(Oc2ccccc2F)c1.